The van der Waals surface area contributed by atoms with Gasteiger partial charge in [0.1, 0.15) is 0 Å². The molecule has 0 bridgehead atoms. The van der Waals surface area contributed by atoms with Crippen LogP contribution in [0.25, 0.3) is 0 Å². The van der Waals surface area contributed by atoms with E-state index in [1.54, 1.807) is 0 Å². The zero-order valence-electron chi connectivity index (χ0n) is 21.8. The lowest BCUT2D eigenvalue weighted by atomic mass is 8.79. The minimum absolute atomic E-state index is 0.532. The molecule has 2 nitrogen and oxygen atoms in total. The molecule has 0 aromatic rings. The molecule has 0 aromatic carbocycles. The van der Waals surface area contributed by atoms with Crippen LogP contribution in [-0.4, -0.2) is 106 Å². The minimum Gasteiger partial charge on any atom is -0.448 e. The van der Waals surface area contributed by atoms with Crippen molar-refractivity contribution in [2.45, 2.75) is 76.9 Å². The van der Waals surface area contributed by atoms with E-state index in [0.29, 0.717) is 5.94 Å². The molecule has 0 spiro atoms. The van der Waals surface area contributed by atoms with Crippen molar-refractivity contribution in [1.82, 2.24) is 0 Å². The third kappa shape index (κ3) is 8.65. The summed E-state index contributed by atoms with van der Waals surface area (Å²) in [5.74, 6) is 6.69. The normalized spacial score (nSPS) is 14.1. The second-order valence-electron chi connectivity index (χ2n) is 10.4. The number of hydrogen-bond acceptors (Lipinski definition) is 2. The molecular weight excluding hydrogens is 445 g/mol. The van der Waals surface area contributed by atoms with E-state index in [4.69, 9.17) is 46.9 Å². The smallest absolute Gasteiger partial charge is 0.255 e. The molecule has 0 N–H and O–H groups in total. The first-order chi connectivity index (χ1) is 14.3. The Labute approximate surface area is 213 Å². The number of hydrogen-bond donors (Lipinski definition) is 0. The molecule has 16 heteroatoms. The molecule has 154 valence electrons. The van der Waals surface area contributed by atoms with Gasteiger partial charge in [-0.05, 0) is 66.2 Å². The van der Waals surface area contributed by atoms with Gasteiger partial charge in [0, 0.05) is 65.2 Å². The Balaban J connectivity index is 6.13. The zero-order chi connectivity index (χ0) is 25.6. The highest BCUT2D eigenvalue weighted by molar-refractivity contribution is 7.65. The molecule has 0 saturated carbocycles. The zero-order valence-corrected chi connectivity index (χ0v) is 25.8. The molecule has 0 fully saturated rings. The lowest BCUT2D eigenvalue weighted by Crippen LogP contribution is -2.74. The van der Waals surface area contributed by atoms with Gasteiger partial charge in [0.15, 0.2) is 16.6 Å². The van der Waals surface area contributed by atoms with Crippen LogP contribution in [0.2, 0.25) is 63.1 Å². The first-order valence-corrected chi connectivity index (χ1v) is 22.9. The third-order valence-electron chi connectivity index (χ3n) is 5.66. The highest BCUT2D eigenvalue weighted by Gasteiger charge is 2.57. The summed E-state index contributed by atoms with van der Waals surface area (Å²) in [6, 6.07) is 0. The van der Waals surface area contributed by atoms with Crippen molar-refractivity contribution in [2.75, 3.05) is 0 Å². The average molecular weight is 477 g/mol. The van der Waals surface area contributed by atoms with Crippen LogP contribution in [0.3, 0.4) is 0 Å². The Morgan fingerprint density at radius 2 is 1.22 bits per heavy atom. The number of rotatable bonds is 12. The fourth-order valence-electron chi connectivity index (χ4n) is 4.75. The Hall–Kier alpha value is 0.557. The molecule has 0 aliphatic heterocycles. The molecule has 0 amide bonds. The van der Waals surface area contributed by atoms with Gasteiger partial charge in [-0.15, -0.1) is 16.6 Å². The van der Waals surface area contributed by atoms with E-state index >= 15 is 0 Å². The second kappa shape index (κ2) is 12.5. The fourth-order valence-corrected chi connectivity index (χ4v) is 21.5. The van der Waals surface area contributed by atoms with Gasteiger partial charge in [-0.2, -0.15) is 0 Å². The van der Waals surface area contributed by atoms with Crippen molar-refractivity contribution in [2.24, 2.45) is 0 Å². The van der Waals surface area contributed by atoms with Crippen LogP contribution in [0.15, 0.2) is 0 Å². The van der Waals surface area contributed by atoms with Crippen molar-refractivity contribution in [3.63, 3.8) is 0 Å². The summed E-state index contributed by atoms with van der Waals surface area (Å²) in [5.41, 5.74) is 6.50. The predicted octanol–water partition coefficient (Wildman–Crippen LogP) is 0.911. The first-order valence-electron chi connectivity index (χ1n) is 11.0. The molecular formula is C16H32B10O2Si4. The van der Waals surface area contributed by atoms with Gasteiger partial charge in [-0.3, -0.25) is 0 Å². The fraction of sp³-hybridized carbons (Fsp3) is 0.750. The molecule has 0 aliphatic rings. The molecule has 12 radical (unpaired) electrons. The van der Waals surface area contributed by atoms with E-state index in [1.807, 2.05) is 13.8 Å². The molecule has 0 heterocycles. The molecule has 0 rings (SSSR count). The highest BCUT2D eigenvalue weighted by atomic mass is 28.4. The van der Waals surface area contributed by atoms with Gasteiger partial charge in [0.25, 0.3) is 16.6 Å². The maximum Gasteiger partial charge on any atom is 0.255 e. The highest BCUT2D eigenvalue weighted by Crippen LogP contribution is 2.44. The summed E-state index contributed by atoms with van der Waals surface area (Å²) < 4.78 is 12.3. The van der Waals surface area contributed by atoms with Gasteiger partial charge in [0.2, 0.25) is 0 Å². The van der Waals surface area contributed by atoms with Crippen LogP contribution in [0.5, 0.6) is 0 Å². The van der Waals surface area contributed by atoms with E-state index < -0.39 is 57.5 Å². The van der Waals surface area contributed by atoms with Crippen molar-refractivity contribution < 1.29 is 8.23 Å². The predicted molar refractivity (Wildman–Crippen MR) is 164 cm³/mol. The van der Waals surface area contributed by atoms with Crippen LogP contribution in [0.4, 0.5) is 0 Å². The summed E-state index contributed by atoms with van der Waals surface area (Å²) in [7, 11) is 26.5. The van der Waals surface area contributed by atoms with E-state index in [2.05, 4.69) is 82.5 Å². The Morgan fingerprint density at radius 3 is 1.59 bits per heavy atom. The molecule has 0 aliphatic carbocycles. The molecule has 1 atom stereocenters. The van der Waals surface area contributed by atoms with Gasteiger partial charge in [0.05, 0.1) is 7.17 Å². The molecule has 1 unspecified atom stereocenters. The van der Waals surface area contributed by atoms with E-state index in [0.717, 1.165) is 0 Å². The second-order valence-corrected chi connectivity index (χ2v) is 26.4. The monoisotopic (exact) mass is 478 g/mol. The van der Waals surface area contributed by atoms with Gasteiger partial charge in [-0.25, -0.2) is 0 Å². The van der Waals surface area contributed by atoms with Crippen molar-refractivity contribution in [3.05, 3.63) is 0 Å². The Bertz CT molecular complexity index is 745. The van der Waals surface area contributed by atoms with Crippen molar-refractivity contribution in [3.8, 4) is 22.9 Å². The largest absolute Gasteiger partial charge is 0.448 e. The Morgan fingerprint density at radius 1 is 0.781 bits per heavy atom. The summed E-state index contributed by atoms with van der Waals surface area (Å²) in [5, 5.41) is 0. The molecule has 0 saturated heterocycles. The quantitative estimate of drug-likeness (QED) is 0.308. The van der Waals surface area contributed by atoms with Gasteiger partial charge in [-0.1, -0.05) is 17.0 Å². The van der Waals surface area contributed by atoms with Crippen LogP contribution >= 0.6 is 0 Å². The Kier molecular flexibility index (Phi) is 12.7. The first kappa shape index (κ1) is 32.6. The van der Waals surface area contributed by atoms with E-state index in [9.17, 15) is 0 Å². The summed E-state index contributed by atoms with van der Waals surface area (Å²) in [6.45, 7) is 18.5. The van der Waals surface area contributed by atoms with Crippen LogP contribution in [0, 0.1) is 22.9 Å². The summed E-state index contributed by atoms with van der Waals surface area (Å²) in [6.07, 6.45) is 0. The van der Waals surface area contributed by atoms with Crippen LogP contribution in [0.1, 0.15) is 13.8 Å². The molecule has 32 heavy (non-hydrogen) atoms. The summed E-state index contributed by atoms with van der Waals surface area (Å²) >= 11 is 0. The van der Waals surface area contributed by atoms with E-state index in [-0.39, 0.29) is 0 Å². The molecule has 0 aromatic heterocycles. The topological polar surface area (TPSA) is 18.5 Å². The van der Waals surface area contributed by atoms with Gasteiger partial charge < -0.3 is 8.23 Å². The SMILES string of the molecule is [B][B]B([B])C(B([B])[B])(B([B])[B]C[Si](C)(C)O[Si](C)(C)C#CC)[Si](C)(C)O[Si](C)(C)C#CC. The van der Waals surface area contributed by atoms with Crippen molar-refractivity contribution in [1.29, 1.82) is 0 Å². The van der Waals surface area contributed by atoms with Crippen molar-refractivity contribution >= 4 is 106 Å². The van der Waals surface area contributed by atoms with Crippen LogP contribution in [-0.2, 0) is 8.23 Å². The van der Waals surface area contributed by atoms with E-state index in [1.165, 1.54) is 7.06 Å². The standard InChI is InChI=1S/C16H32B10O2Si4/c1-11-13-29(3,4)27-31(7,8)15-22-25(20)16(24(18)19,26(21)23-17)32(9,10)28-30(5,6)14-12-2/h15H2,1-10H3. The minimum atomic E-state index is -2.74. The van der Waals surface area contributed by atoms with Gasteiger partial charge >= 0.3 is 0 Å². The summed E-state index contributed by atoms with van der Waals surface area (Å²) in [4.78, 5) is 0. The lowest BCUT2D eigenvalue weighted by Gasteiger charge is -2.58. The third-order valence-corrected chi connectivity index (χ3v) is 20.0. The maximum absolute atomic E-state index is 6.85. The average Bonchev–Trinajstić information content (AvgIpc) is 2.57. The van der Waals surface area contributed by atoms with Crippen LogP contribution < -0.4 is 0 Å². The maximum atomic E-state index is 6.85. The lowest BCUT2D eigenvalue weighted by molar-refractivity contribution is 0.555.